The number of nitrogens with one attached hydrogen (secondary N) is 1. The number of ether oxygens (including phenoxy) is 1. The van der Waals surface area contributed by atoms with Gasteiger partial charge in [-0.2, -0.15) is 0 Å². The van der Waals surface area contributed by atoms with Crippen molar-refractivity contribution < 1.29 is 9.53 Å². The van der Waals surface area contributed by atoms with Crippen LogP contribution in [0.25, 0.3) is 0 Å². The number of piperidine rings is 1. The molecule has 0 bridgehead atoms. The summed E-state index contributed by atoms with van der Waals surface area (Å²) < 4.78 is 5.69. The first-order valence-electron chi connectivity index (χ1n) is 8.33. The van der Waals surface area contributed by atoms with Crippen molar-refractivity contribution in [2.75, 3.05) is 19.7 Å². The lowest BCUT2D eigenvalue weighted by Crippen LogP contribution is -2.42. The van der Waals surface area contributed by atoms with Crippen molar-refractivity contribution in [3.63, 3.8) is 0 Å². The van der Waals surface area contributed by atoms with E-state index in [9.17, 15) is 4.79 Å². The van der Waals surface area contributed by atoms with Crippen molar-refractivity contribution in [2.45, 2.75) is 46.2 Å². The molecule has 4 heteroatoms. The van der Waals surface area contributed by atoms with Crippen LogP contribution in [-0.4, -0.2) is 36.5 Å². The molecule has 0 saturated carbocycles. The number of para-hydroxylation sites is 1. The Balaban J connectivity index is 1.86. The van der Waals surface area contributed by atoms with Gasteiger partial charge in [0.05, 0.1) is 6.61 Å². The molecule has 4 nitrogen and oxygen atoms in total. The number of hydrogen-bond acceptors (Lipinski definition) is 3. The van der Waals surface area contributed by atoms with Crippen LogP contribution >= 0.6 is 0 Å². The number of rotatable bonds is 6. The van der Waals surface area contributed by atoms with Crippen molar-refractivity contribution >= 4 is 5.91 Å². The van der Waals surface area contributed by atoms with Crippen molar-refractivity contribution in [3.8, 4) is 5.75 Å². The van der Waals surface area contributed by atoms with Crippen molar-refractivity contribution in [1.82, 2.24) is 10.2 Å². The Kier molecular flexibility index (Phi) is 6.25. The monoisotopic (exact) mass is 304 g/mol. The van der Waals surface area contributed by atoms with Gasteiger partial charge in [0.25, 0.3) is 0 Å². The van der Waals surface area contributed by atoms with Gasteiger partial charge in [0.15, 0.2) is 0 Å². The van der Waals surface area contributed by atoms with Gasteiger partial charge < -0.3 is 10.1 Å². The van der Waals surface area contributed by atoms with E-state index in [1.807, 2.05) is 32.9 Å². The molecule has 122 valence electrons. The Bertz CT molecular complexity index is 480. The van der Waals surface area contributed by atoms with E-state index in [-0.39, 0.29) is 17.9 Å². The fraction of sp³-hybridized carbons (Fsp3) is 0.611. The van der Waals surface area contributed by atoms with Crippen LogP contribution in [0, 0.1) is 5.92 Å². The zero-order valence-electron chi connectivity index (χ0n) is 14.0. The molecule has 1 aromatic carbocycles. The number of amides is 1. The summed E-state index contributed by atoms with van der Waals surface area (Å²) in [7, 11) is 0. The second-order valence-corrected chi connectivity index (χ2v) is 6.25. The molecular weight excluding hydrogens is 276 g/mol. The molecule has 0 spiro atoms. The third kappa shape index (κ3) is 4.73. The third-order valence-corrected chi connectivity index (χ3v) is 4.06. The smallest absolute Gasteiger partial charge is 0.223 e. The summed E-state index contributed by atoms with van der Waals surface area (Å²) in [5.41, 5.74) is 1.23. The predicted octanol–water partition coefficient (Wildman–Crippen LogP) is 2.82. The summed E-state index contributed by atoms with van der Waals surface area (Å²) in [5.74, 6) is 1.36. The number of likely N-dealkylation sites (tertiary alicyclic amines) is 1. The second kappa shape index (κ2) is 8.18. The van der Waals surface area contributed by atoms with Crippen LogP contribution in [-0.2, 0) is 11.3 Å². The van der Waals surface area contributed by atoms with Crippen LogP contribution in [0.4, 0.5) is 0 Å². The Labute approximate surface area is 133 Å². The number of hydrogen-bond donors (Lipinski definition) is 1. The molecule has 1 aliphatic heterocycles. The lowest BCUT2D eigenvalue weighted by atomic mass is 9.95. The number of benzene rings is 1. The quantitative estimate of drug-likeness (QED) is 0.878. The largest absolute Gasteiger partial charge is 0.494 e. The molecule has 1 aromatic rings. The first-order chi connectivity index (χ1) is 10.6. The van der Waals surface area contributed by atoms with Crippen molar-refractivity contribution in [2.24, 2.45) is 5.92 Å². The molecule has 0 unspecified atom stereocenters. The van der Waals surface area contributed by atoms with E-state index in [2.05, 4.69) is 22.3 Å². The maximum absolute atomic E-state index is 12.1. The van der Waals surface area contributed by atoms with E-state index in [0.29, 0.717) is 6.61 Å². The van der Waals surface area contributed by atoms with Crippen LogP contribution < -0.4 is 10.1 Å². The van der Waals surface area contributed by atoms with Crippen LogP contribution in [0.5, 0.6) is 5.75 Å². The fourth-order valence-corrected chi connectivity index (χ4v) is 2.93. The standard InChI is InChI=1S/C18H28N2O2/c1-4-22-17-8-6-5-7-16(17)13-20-11-9-15(10-12-20)18(21)19-14(2)3/h5-8,14-15H,4,9-13H2,1-3H3,(H,19,21). The highest BCUT2D eigenvalue weighted by Crippen LogP contribution is 2.23. The molecule has 2 rings (SSSR count). The Hall–Kier alpha value is -1.55. The molecule has 1 heterocycles. The summed E-state index contributed by atoms with van der Waals surface area (Å²) in [6, 6.07) is 8.45. The van der Waals surface area contributed by atoms with Crippen molar-refractivity contribution in [3.05, 3.63) is 29.8 Å². The normalized spacial score (nSPS) is 16.7. The molecule has 1 N–H and O–H groups in total. The van der Waals surface area contributed by atoms with Crippen molar-refractivity contribution in [1.29, 1.82) is 0 Å². The molecule has 1 saturated heterocycles. The first kappa shape index (κ1) is 16.8. The van der Waals surface area contributed by atoms with Gasteiger partial charge in [-0.15, -0.1) is 0 Å². The molecule has 0 aromatic heterocycles. The highest BCUT2D eigenvalue weighted by atomic mass is 16.5. The van der Waals surface area contributed by atoms with Crippen LogP contribution in [0.1, 0.15) is 39.2 Å². The van der Waals surface area contributed by atoms with Gasteiger partial charge >= 0.3 is 0 Å². The summed E-state index contributed by atoms with van der Waals surface area (Å²) >= 11 is 0. The molecule has 1 aliphatic rings. The van der Waals surface area contributed by atoms with Gasteiger partial charge in [0, 0.05) is 24.1 Å². The summed E-state index contributed by atoms with van der Waals surface area (Å²) in [6.07, 6.45) is 1.88. The summed E-state index contributed by atoms with van der Waals surface area (Å²) in [6.45, 7) is 9.56. The lowest BCUT2D eigenvalue weighted by molar-refractivity contribution is -0.127. The molecule has 22 heavy (non-hydrogen) atoms. The van der Waals surface area contributed by atoms with Crippen LogP contribution in [0.2, 0.25) is 0 Å². The predicted molar refractivity (Wildman–Crippen MR) is 88.9 cm³/mol. The van der Waals surface area contributed by atoms with E-state index >= 15 is 0 Å². The first-order valence-corrected chi connectivity index (χ1v) is 8.33. The van der Waals surface area contributed by atoms with E-state index in [0.717, 1.165) is 38.2 Å². The molecule has 0 aliphatic carbocycles. The lowest BCUT2D eigenvalue weighted by Gasteiger charge is -2.32. The summed E-state index contributed by atoms with van der Waals surface area (Å²) in [4.78, 5) is 14.5. The molecule has 1 amide bonds. The minimum absolute atomic E-state index is 0.167. The average molecular weight is 304 g/mol. The Morgan fingerprint density at radius 3 is 2.64 bits per heavy atom. The molecular formula is C18H28N2O2. The maximum Gasteiger partial charge on any atom is 0.223 e. The van der Waals surface area contributed by atoms with E-state index < -0.39 is 0 Å². The minimum Gasteiger partial charge on any atom is -0.494 e. The zero-order chi connectivity index (χ0) is 15.9. The molecule has 1 fully saturated rings. The highest BCUT2D eigenvalue weighted by Gasteiger charge is 2.25. The summed E-state index contributed by atoms with van der Waals surface area (Å²) in [5, 5.41) is 3.03. The molecule has 0 atom stereocenters. The third-order valence-electron chi connectivity index (χ3n) is 4.06. The van der Waals surface area contributed by atoms with E-state index in [4.69, 9.17) is 4.74 Å². The SMILES string of the molecule is CCOc1ccccc1CN1CCC(C(=O)NC(C)C)CC1. The number of carbonyl (C=O) groups excluding carboxylic acids is 1. The second-order valence-electron chi connectivity index (χ2n) is 6.25. The topological polar surface area (TPSA) is 41.6 Å². The Morgan fingerprint density at radius 1 is 1.32 bits per heavy atom. The molecule has 0 radical (unpaired) electrons. The van der Waals surface area contributed by atoms with Gasteiger partial charge in [-0.25, -0.2) is 0 Å². The zero-order valence-corrected chi connectivity index (χ0v) is 14.0. The number of carbonyl (C=O) groups is 1. The van der Waals surface area contributed by atoms with Gasteiger partial charge in [-0.05, 0) is 52.8 Å². The number of nitrogens with zero attached hydrogens (tertiary/aromatic N) is 1. The van der Waals surface area contributed by atoms with E-state index in [1.54, 1.807) is 0 Å². The van der Waals surface area contributed by atoms with Gasteiger partial charge in [-0.1, -0.05) is 18.2 Å². The van der Waals surface area contributed by atoms with Crippen LogP contribution in [0.15, 0.2) is 24.3 Å². The minimum atomic E-state index is 0.167. The van der Waals surface area contributed by atoms with Gasteiger partial charge in [-0.3, -0.25) is 9.69 Å². The van der Waals surface area contributed by atoms with Crippen LogP contribution in [0.3, 0.4) is 0 Å². The van der Waals surface area contributed by atoms with E-state index in [1.165, 1.54) is 5.56 Å². The average Bonchev–Trinajstić information content (AvgIpc) is 2.49. The van der Waals surface area contributed by atoms with Gasteiger partial charge in [0.1, 0.15) is 5.75 Å². The Morgan fingerprint density at radius 2 is 2.00 bits per heavy atom. The highest BCUT2D eigenvalue weighted by molar-refractivity contribution is 5.78. The van der Waals surface area contributed by atoms with Gasteiger partial charge in [0.2, 0.25) is 5.91 Å². The maximum atomic E-state index is 12.1. The fourth-order valence-electron chi connectivity index (χ4n) is 2.93.